The van der Waals surface area contributed by atoms with Crippen LogP contribution in [-0.4, -0.2) is 78.7 Å². The lowest BCUT2D eigenvalue weighted by Crippen LogP contribution is -2.48. The number of piperidine rings is 1. The van der Waals surface area contributed by atoms with E-state index in [9.17, 15) is 24.5 Å². The van der Waals surface area contributed by atoms with Crippen LogP contribution >= 0.6 is 0 Å². The number of carbonyl (C=O) groups is 3. The predicted octanol–water partition coefficient (Wildman–Crippen LogP) is 4.67. The highest BCUT2D eigenvalue weighted by atomic mass is 16.6. The largest absolute Gasteiger partial charge is 0.468 e. The molecule has 0 radical (unpaired) electrons. The van der Waals surface area contributed by atoms with Gasteiger partial charge >= 0.3 is 5.97 Å². The Morgan fingerprint density at radius 1 is 1.02 bits per heavy atom. The first-order valence-electron chi connectivity index (χ1n) is 15.5. The monoisotopic (exact) mass is 617 g/mol. The normalized spacial score (nSPS) is 18.2. The summed E-state index contributed by atoms with van der Waals surface area (Å²) in [6, 6.07) is 16.1. The Kier molecular flexibility index (Phi) is 11.1. The minimum Gasteiger partial charge on any atom is -0.468 e. The fraction of sp³-hybridized carbons (Fsp3) is 0.441. The second-order valence-corrected chi connectivity index (χ2v) is 11.5. The van der Waals surface area contributed by atoms with E-state index < -0.39 is 16.3 Å². The van der Waals surface area contributed by atoms with E-state index in [1.165, 1.54) is 24.1 Å². The van der Waals surface area contributed by atoms with Crippen LogP contribution in [0, 0.1) is 10.1 Å². The first-order chi connectivity index (χ1) is 21.7. The van der Waals surface area contributed by atoms with Crippen molar-refractivity contribution in [3.8, 4) is 0 Å². The number of nitro benzene ring substituents is 1. The third-order valence-electron chi connectivity index (χ3n) is 9.07. The van der Waals surface area contributed by atoms with Crippen molar-refractivity contribution in [3.63, 3.8) is 0 Å². The van der Waals surface area contributed by atoms with E-state index in [1.54, 1.807) is 24.1 Å². The SMILES string of the molecule is CCC1=C(N(C)C=O)C(c2ccc([N+](=O)[O-])cc2)C(N(C=O)CCCN2CCC(C(=O)OC)(c3ccccc3)CC2)=C(CC)N1. The van der Waals surface area contributed by atoms with Gasteiger partial charge in [0.1, 0.15) is 0 Å². The number of allylic oxidation sites excluding steroid dienone is 2. The van der Waals surface area contributed by atoms with Crippen molar-refractivity contribution < 1.29 is 24.0 Å². The summed E-state index contributed by atoms with van der Waals surface area (Å²) < 4.78 is 5.24. The minimum absolute atomic E-state index is 0.0313. The second-order valence-electron chi connectivity index (χ2n) is 11.5. The number of hydrogen-bond acceptors (Lipinski definition) is 8. The molecule has 4 rings (SSSR count). The molecule has 2 aromatic carbocycles. The molecule has 11 nitrogen and oxygen atoms in total. The van der Waals surface area contributed by atoms with Crippen molar-refractivity contribution in [1.82, 2.24) is 20.0 Å². The Bertz CT molecular complexity index is 1430. The van der Waals surface area contributed by atoms with Crippen LogP contribution in [0.2, 0.25) is 0 Å². The van der Waals surface area contributed by atoms with Gasteiger partial charge in [-0.2, -0.15) is 0 Å². The molecule has 2 aliphatic heterocycles. The second kappa shape index (κ2) is 15.0. The average molecular weight is 618 g/mol. The third kappa shape index (κ3) is 6.93. The molecule has 2 aromatic rings. The van der Waals surface area contributed by atoms with Crippen LogP contribution in [0.25, 0.3) is 0 Å². The van der Waals surface area contributed by atoms with Gasteiger partial charge in [0.05, 0.1) is 34.8 Å². The third-order valence-corrected chi connectivity index (χ3v) is 9.07. The number of non-ortho nitro benzene ring substituents is 1. The number of esters is 1. The van der Waals surface area contributed by atoms with Gasteiger partial charge in [-0.1, -0.05) is 56.3 Å². The number of dihydropyridines is 1. The molecule has 240 valence electrons. The quantitative estimate of drug-likeness (QED) is 0.140. The van der Waals surface area contributed by atoms with Gasteiger partial charge in [0.2, 0.25) is 12.8 Å². The molecule has 2 aliphatic rings. The first kappa shape index (κ1) is 33.4. The van der Waals surface area contributed by atoms with E-state index in [4.69, 9.17) is 4.74 Å². The van der Waals surface area contributed by atoms with Crippen molar-refractivity contribution in [2.75, 3.05) is 40.3 Å². The number of carbonyl (C=O) groups excluding carboxylic acids is 3. The highest BCUT2D eigenvalue weighted by Crippen LogP contribution is 2.42. The summed E-state index contributed by atoms with van der Waals surface area (Å²) in [4.78, 5) is 54.2. The Balaban J connectivity index is 1.56. The lowest BCUT2D eigenvalue weighted by molar-refractivity contribution is -0.384. The first-order valence-corrected chi connectivity index (χ1v) is 15.5. The summed E-state index contributed by atoms with van der Waals surface area (Å²) in [5.74, 6) is -0.698. The number of nitro groups is 1. The van der Waals surface area contributed by atoms with Crippen LogP contribution in [-0.2, 0) is 24.5 Å². The van der Waals surface area contributed by atoms with Gasteiger partial charge in [0, 0.05) is 37.1 Å². The van der Waals surface area contributed by atoms with Gasteiger partial charge in [-0.15, -0.1) is 0 Å². The fourth-order valence-electron chi connectivity index (χ4n) is 6.66. The lowest BCUT2D eigenvalue weighted by atomic mass is 9.72. The number of ether oxygens (including phenoxy) is 1. The molecule has 45 heavy (non-hydrogen) atoms. The van der Waals surface area contributed by atoms with Gasteiger partial charge in [-0.05, 0) is 62.9 Å². The Labute approximate surface area is 264 Å². The molecule has 0 bridgehead atoms. The van der Waals surface area contributed by atoms with Crippen LogP contribution < -0.4 is 5.32 Å². The van der Waals surface area contributed by atoms with Crippen molar-refractivity contribution >= 4 is 24.5 Å². The van der Waals surface area contributed by atoms with Gasteiger partial charge in [-0.25, -0.2) is 0 Å². The van der Waals surface area contributed by atoms with Crippen molar-refractivity contribution in [1.29, 1.82) is 0 Å². The average Bonchev–Trinajstić information content (AvgIpc) is 3.09. The number of hydrogen-bond donors (Lipinski definition) is 1. The molecule has 2 heterocycles. The lowest BCUT2D eigenvalue weighted by Gasteiger charge is -2.41. The van der Waals surface area contributed by atoms with Crippen molar-refractivity contribution in [2.45, 2.75) is 57.3 Å². The molecule has 1 unspecified atom stereocenters. The highest BCUT2D eigenvalue weighted by Gasteiger charge is 2.44. The summed E-state index contributed by atoms with van der Waals surface area (Å²) in [5.41, 5.74) is 4.19. The maximum atomic E-state index is 13.0. The summed E-state index contributed by atoms with van der Waals surface area (Å²) in [6.07, 6.45) is 4.78. The van der Waals surface area contributed by atoms with E-state index in [-0.39, 0.29) is 11.7 Å². The van der Waals surface area contributed by atoms with E-state index in [0.29, 0.717) is 44.3 Å². The van der Waals surface area contributed by atoms with Crippen LogP contribution in [0.15, 0.2) is 77.4 Å². The number of likely N-dealkylation sites (tertiary alicyclic amines) is 1. The van der Waals surface area contributed by atoms with E-state index in [1.807, 2.05) is 44.2 Å². The number of amides is 2. The molecular formula is C34H43N5O6. The molecular weight excluding hydrogens is 574 g/mol. The zero-order chi connectivity index (χ0) is 32.6. The number of nitrogens with one attached hydrogen (secondary N) is 1. The summed E-state index contributed by atoms with van der Waals surface area (Å²) >= 11 is 0. The van der Waals surface area contributed by atoms with E-state index >= 15 is 0 Å². The smallest absolute Gasteiger partial charge is 0.316 e. The molecule has 0 aromatic heterocycles. The van der Waals surface area contributed by atoms with E-state index in [2.05, 4.69) is 10.2 Å². The van der Waals surface area contributed by atoms with E-state index in [0.717, 1.165) is 60.7 Å². The molecule has 1 saturated heterocycles. The fourth-order valence-corrected chi connectivity index (χ4v) is 6.66. The number of nitrogens with zero attached hydrogens (tertiary/aromatic N) is 4. The topological polar surface area (TPSA) is 125 Å². The summed E-state index contributed by atoms with van der Waals surface area (Å²) in [6.45, 7) is 6.61. The molecule has 1 fully saturated rings. The Morgan fingerprint density at radius 3 is 2.18 bits per heavy atom. The molecule has 1 atom stereocenters. The number of benzene rings is 2. The molecule has 0 spiro atoms. The Morgan fingerprint density at radius 2 is 1.64 bits per heavy atom. The van der Waals surface area contributed by atoms with Crippen LogP contribution in [0.4, 0.5) is 5.69 Å². The standard InChI is InChI=1S/C34H43N5O6/c1-5-28-31(36(3)23-40)30(25-13-15-27(16-14-25)39(43)44)32(29(6-2)35-28)38(24-41)20-10-19-37-21-17-34(18-22-37,33(42)45-4)26-11-8-7-9-12-26/h7-9,11-16,23-24,30,35H,5-6,10,17-22H2,1-4H3. The molecule has 1 N–H and O–H groups in total. The number of rotatable bonds is 14. The molecule has 11 heteroatoms. The maximum absolute atomic E-state index is 13.0. The maximum Gasteiger partial charge on any atom is 0.316 e. The molecule has 0 aliphatic carbocycles. The van der Waals surface area contributed by atoms with Crippen LogP contribution in [0.5, 0.6) is 0 Å². The van der Waals surface area contributed by atoms with Gasteiger partial charge < -0.3 is 24.8 Å². The number of methoxy groups -OCH3 is 1. The van der Waals surface area contributed by atoms with Gasteiger partial charge in [0.25, 0.3) is 5.69 Å². The van der Waals surface area contributed by atoms with Crippen LogP contribution in [0.3, 0.4) is 0 Å². The predicted molar refractivity (Wildman–Crippen MR) is 171 cm³/mol. The minimum atomic E-state index is -0.668. The molecule has 0 saturated carbocycles. The van der Waals surface area contributed by atoms with Gasteiger partial charge in [0.15, 0.2) is 0 Å². The van der Waals surface area contributed by atoms with Gasteiger partial charge in [-0.3, -0.25) is 24.5 Å². The van der Waals surface area contributed by atoms with Crippen LogP contribution in [0.1, 0.15) is 63.0 Å². The number of likely N-dealkylation sites (N-methyl/N-ethyl adjacent to an activating group) is 1. The zero-order valence-corrected chi connectivity index (χ0v) is 26.5. The van der Waals surface area contributed by atoms with Crippen molar-refractivity contribution in [2.24, 2.45) is 0 Å². The zero-order valence-electron chi connectivity index (χ0n) is 26.5. The molecule has 2 amide bonds. The summed E-state index contributed by atoms with van der Waals surface area (Å²) in [5, 5.41) is 14.9. The Hall–Kier alpha value is -4.51. The van der Waals surface area contributed by atoms with Crippen molar-refractivity contribution in [3.05, 3.63) is 98.6 Å². The highest BCUT2D eigenvalue weighted by molar-refractivity contribution is 5.83. The summed E-state index contributed by atoms with van der Waals surface area (Å²) in [7, 11) is 3.12.